The number of rotatable bonds is 6. The molecular formula is C19H24BrN3O2S. The summed E-state index contributed by atoms with van der Waals surface area (Å²) in [6.45, 7) is 1.35. The molecule has 0 aromatic heterocycles. The number of benzene rings is 2. The summed E-state index contributed by atoms with van der Waals surface area (Å²) in [6.07, 6.45) is 1.24. The Labute approximate surface area is 164 Å². The van der Waals surface area contributed by atoms with E-state index in [-0.39, 0.29) is 5.75 Å². The van der Waals surface area contributed by atoms with E-state index >= 15 is 0 Å². The van der Waals surface area contributed by atoms with Gasteiger partial charge >= 0.3 is 0 Å². The highest BCUT2D eigenvalue weighted by atomic mass is 79.9. The molecule has 0 heterocycles. The largest absolute Gasteiger partial charge is 0.352 e. The Balaban J connectivity index is 1.95. The van der Waals surface area contributed by atoms with Gasteiger partial charge in [-0.25, -0.2) is 8.42 Å². The van der Waals surface area contributed by atoms with E-state index in [9.17, 15) is 8.42 Å². The minimum Gasteiger partial charge on any atom is -0.352 e. The van der Waals surface area contributed by atoms with Gasteiger partial charge in [-0.15, -0.1) is 0 Å². The topological polar surface area (TPSA) is 61.8 Å². The van der Waals surface area contributed by atoms with Crippen LogP contribution < -0.4 is 5.32 Å². The number of halogens is 1. The number of hydrogen-bond donors (Lipinski definition) is 1. The van der Waals surface area contributed by atoms with Crippen LogP contribution in [-0.4, -0.2) is 39.6 Å². The quantitative estimate of drug-likeness (QED) is 0.556. The zero-order chi connectivity index (χ0) is 19.2. The first-order valence-electron chi connectivity index (χ1n) is 8.19. The molecule has 0 fully saturated rings. The first kappa shape index (κ1) is 20.5. The highest BCUT2D eigenvalue weighted by Gasteiger charge is 2.09. The molecule has 0 spiro atoms. The molecule has 0 unspecified atom stereocenters. The lowest BCUT2D eigenvalue weighted by atomic mass is 10.1. The lowest BCUT2D eigenvalue weighted by Crippen LogP contribution is -2.38. The number of guanidine groups is 1. The monoisotopic (exact) mass is 437 g/mol. The van der Waals surface area contributed by atoms with E-state index in [1.165, 1.54) is 11.8 Å². The molecule has 2 aromatic rings. The van der Waals surface area contributed by atoms with Gasteiger partial charge in [-0.3, -0.25) is 4.99 Å². The van der Waals surface area contributed by atoms with Gasteiger partial charge in [-0.1, -0.05) is 58.4 Å². The van der Waals surface area contributed by atoms with Crippen LogP contribution in [0, 0.1) is 0 Å². The highest BCUT2D eigenvalue weighted by molar-refractivity contribution is 9.10. The Morgan fingerprint density at radius 2 is 1.73 bits per heavy atom. The Morgan fingerprint density at radius 1 is 1.12 bits per heavy atom. The van der Waals surface area contributed by atoms with Crippen molar-refractivity contribution in [3.63, 3.8) is 0 Å². The van der Waals surface area contributed by atoms with Crippen molar-refractivity contribution >= 4 is 31.7 Å². The van der Waals surface area contributed by atoms with Crippen LogP contribution in [0.4, 0.5) is 0 Å². The predicted molar refractivity (Wildman–Crippen MR) is 111 cm³/mol. The number of nitrogens with zero attached hydrogens (tertiary/aromatic N) is 2. The van der Waals surface area contributed by atoms with Gasteiger partial charge in [0.05, 0.1) is 5.75 Å². The average molecular weight is 438 g/mol. The van der Waals surface area contributed by atoms with Crippen molar-refractivity contribution in [3.8, 4) is 0 Å². The molecule has 0 aliphatic rings. The van der Waals surface area contributed by atoms with Crippen molar-refractivity contribution < 1.29 is 8.42 Å². The number of aliphatic imine (C=N–C) groups is 1. The molecule has 7 heteroatoms. The molecule has 0 radical (unpaired) electrons. The van der Waals surface area contributed by atoms with Gasteiger partial charge < -0.3 is 10.2 Å². The van der Waals surface area contributed by atoms with Crippen LogP contribution >= 0.6 is 15.9 Å². The molecule has 0 bridgehead atoms. The molecule has 1 N–H and O–H groups in total. The predicted octanol–water partition coefficient (Wildman–Crippen LogP) is 3.20. The Kier molecular flexibility index (Phi) is 7.23. The van der Waals surface area contributed by atoms with Gasteiger partial charge in [-0.2, -0.15) is 0 Å². The summed E-state index contributed by atoms with van der Waals surface area (Å²) in [4.78, 5) is 6.39. The van der Waals surface area contributed by atoms with Crippen molar-refractivity contribution in [2.24, 2.45) is 4.99 Å². The molecule has 0 atom stereocenters. The van der Waals surface area contributed by atoms with Gasteiger partial charge in [0.15, 0.2) is 15.8 Å². The Hall–Kier alpha value is -1.86. The van der Waals surface area contributed by atoms with Crippen molar-refractivity contribution in [3.05, 3.63) is 69.7 Å². The Bertz CT molecular complexity index is 865. The van der Waals surface area contributed by atoms with Crippen molar-refractivity contribution in [2.45, 2.75) is 18.8 Å². The van der Waals surface area contributed by atoms with E-state index < -0.39 is 9.84 Å². The lowest BCUT2D eigenvalue weighted by molar-refractivity contribution is 0.475. The lowest BCUT2D eigenvalue weighted by Gasteiger charge is -2.22. The van der Waals surface area contributed by atoms with E-state index in [2.05, 4.69) is 37.2 Å². The maximum absolute atomic E-state index is 11.4. The fourth-order valence-electron chi connectivity index (χ4n) is 2.58. The van der Waals surface area contributed by atoms with Gasteiger partial charge in [0.1, 0.15) is 0 Å². The maximum Gasteiger partial charge on any atom is 0.193 e. The van der Waals surface area contributed by atoms with Crippen molar-refractivity contribution in [1.29, 1.82) is 0 Å². The first-order valence-corrected chi connectivity index (χ1v) is 11.0. The van der Waals surface area contributed by atoms with Crippen LogP contribution in [0.1, 0.15) is 16.7 Å². The SMILES string of the molecule is CN=C(NCc1ccc(CS(C)(=O)=O)cc1)N(C)Cc1ccccc1Br. The summed E-state index contributed by atoms with van der Waals surface area (Å²) >= 11 is 3.57. The molecule has 0 saturated heterocycles. The first-order chi connectivity index (χ1) is 12.3. The van der Waals surface area contributed by atoms with Crippen LogP contribution in [0.25, 0.3) is 0 Å². The van der Waals surface area contributed by atoms with Crippen molar-refractivity contribution in [2.75, 3.05) is 20.4 Å². The van der Waals surface area contributed by atoms with E-state index in [0.717, 1.165) is 28.1 Å². The van der Waals surface area contributed by atoms with Crippen LogP contribution in [-0.2, 0) is 28.7 Å². The number of sulfone groups is 1. The van der Waals surface area contributed by atoms with E-state index in [4.69, 9.17) is 0 Å². The molecule has 26 heavy (non-hydrogen) atoms. The molecule has 2 rings (SSSR count). The minimum atomic E-state index is -3.01. The van der Waals surface area contributed by atoms with Crippen LogP contribution in [0.2, 0.25) is 0 Å². The third kappa shape index (κ3) is 6.46. The summed E-state index contributed by atoms with van der Waals surface area (Å²) < 4.78 is 23.8. The smallest absolute Gasteiger partial charge is 0.193 e. The van der Waals surface area contributed by atoms with E-state index in [1.54, 1.807) is 7.05 Å². The second-order valence-corrected chi connectivity index (χ2v) is 9.23. The standard InChI is InChI=1S/C19H24BrN3O2S/c1-21-19(23(2)13-17-6-4-5-7-18(17)20)22-12-15-8-10-16(11-9-15)14-26(3,24)25/h4-11H,12-14H2,1-3H3,(H,21,22). The maximum atomic E-state index is 11.4. The second-order valence-electron chi connectivity index (χ2n) is 6.23. The highest BCUT2D eigenvalue weighted by Crippen LogP contribution is 2.17. The third-order valence-electron chi connectivity index (χ3n) is 3.84. The molecule has 0 aliphatic heterocycles. The fraction of sp³-hybridized carbons (Fsp3) is 0.316. The van der Waals surface area contributed by atoms with E-state index in [0.29, 0.717) is 6.54 Å². The average Bonchev–Trinajstić information content (AvgIpc) is 2.57. The normalized spacial score (nSPS) is 12.1. The van der Waals surface area contributed by atoms with Gasteiger partial charge in [-0.05, 0) is 22.8 Å². The Morgan fingerprint density at radius 3 is 2.31 bits per heavy atom. The van der Waals surface area contributed by atoms with Crippen LogP contribution in [0.5, 0.6) is 0 Å². The summed E-state index contributed by atoms with van der Waals surface area (Å²) in [5.41, 5.74) is 3.05. The summed E-state index contributed by atoms with van der Waals surface area (Å²) in [5.74, 6) is 0.859. The second kappa shape index (κ2) is 9.19. The molecule has 0 amide bonds. The third-order valence-corrected chi connectivity index (χ3v) is 5.47. The number of hydrogen-bond acceptors (Lipinski definition) is 3. The molecule has 2 aromatic carbocycles. The molecule has 0 saturated carbocycles. The van der Waals surface area contributed by atoms with Gasteiger partial charge in [0.25, 0.3) is 0 Å². The van der Waals surface area contributed by atoms with E-state index in [1.807, 2.05) is 49.5 Å². The molecular weight excluding hydrogens is 414 g/mol. The number of nitrogens with one attached hydrogen (secondary N) is 1. The van der Waals surface area contributed by atoms with Crippen LogP contribution in [0.3, 0.4) is 0 Å². The summed E-state index contributed by atoms with van der Waals surface area (Å²) in [6, 6.07) is 15.7. The molecule has 5 nitrogen and oxygen atoms in total. The van der Waals surface area contributed by atoms with Crippen LogP contribution in [0.15, 0.2) is 58.0 Å². The zero-order valence-electron chi connectivity index (χ0n) is 15.2. The molecule has 0 aliphatic carbocycles. The van der Waals surface area contributed by atoms with Crippen molar-refractivity contribution in [1.82, 2.24) is 10.2 Å². The summed E-state index contributed by atoms with van der Waals surface area (Å²) in [7, 11) is 0.739. The molecule has 140 valence electrons. The van der Waals surface area contributed by atoms with Gasteiger partial charge in [0.2, 0.25) is 0 Å². The fourth-order valence-corrected chi connectivity index (χ4v) is 3.79. The van der Waals surface area contributed by atoms with Gasteiger partial charge in [0, 0.05) is 37.9 Å². The summed E-state index contributed by atoms with van der Waals surface area (Å²) in [5, 5.41) is 3.34. The zero-order valence-corrected chi connectivity index (χ0v) is 17.6. The minimum absolute atomic E-state index is 0.0665.